The van der Waals surface area contributed by atoms with Crippen molar-refractivity contribution < 1.29 is 0 Å². The Morgan fingerprint density at radius 1 is 1.00 bits per heavy atom. The van der Waals surface area contributed by atoms with Gasteiger partial charge in [-0.1, -0.05) is 33.1 Å². The monoisotopic (exact) mass is 462 g/mol. The molecule has 4 atom stereocenters. The molecule has 0 nitrogen and oxygen atoms in total. The molecule has 0 aliphatic carbocycles. The van der Waals surface area contributed by atoms with Crippen LogP contribution in [0.4, 0.5) is 0 Å². The van der Waals surface area contributed by atoms with Crippen molar-refractivity contribution in [2.24, 2.45) is 0 Å². The highest BCUT2D eigenvalue weighted by molar-refractivity contribution is 14.0. The van der Waals surface area contributed by atoms with E-state index in [1.165, 1.54) is 25.7 Å². The van der Waals surface area contributed by atoms with Crippen LogP contribution >= 0.6 is 65.1 Å². The molecule has 0 aromatic carbocycles. The fourth-order valence-electron chi connectivity index (χ4n) is 1.46. The fraction of sp³-hybridized carbons (Fsp3) is 1.00. The lowest BCUT2D eigenvalue weighted by atomic mass is 10.1. The van der Waals surface area contributed by atoms with Crippen LogP contribution in [-0.4, -0.2) is 24.6 Å². The van der Waals surface area contributed by atoms with Crippen molar-refractivity contribution in [2.75, 3.05) is 13.3 Å². The van der Waals surface area contributed by atoms with Gasteiger partial charge in [-0.05, 0) is 31.1 Å². The largest absolute Gasteiger partial charge is 0.122 e. The van der Waals surface area contributed by atoms with Crippen LogP contribution in [0.15, 0.2) is 0 Å². The predicted molar refractivity (Wildman–Crippen MR) is 96.7 cm³/mol. The van der Waals surface area contributed by atoms with Gasteiger partial charge in [-0.2, -0.15) is 0 Å². The number of rotatable bonds is 7. The summed E-state index contributed by atoms with van der Waals surface area (Å²) in [5.41, 5.74) is 2.00. The molecule has 0 spiro atoms. The van der Waals surface area contributed by atoms with Crippen LogP contribution in [0.5, 0.6) is 0 Å². The van der Waals surface area contributed by atoms with Crippen molar-refractivity contribution in [3.05, 3.63) is 0 Å². The summed E-state index contributed by atoms with van der Waals surface area (Å²) in [5, 5.41) is 0. The van der Waals surface area contributed by atoms with Gasteiger partial charge in [0.1, 0.15) is 0 Å². The van der Waals surface area contributed by atoms with E-state index >= 15 is 0 Å². The topological polar surface area (TPSA) is 0 Å². The Bertz CT molecular complexity index is 102. The first kappa shape index (κ1) is 21.6. The Balaban J connectivity index is -0.000000605. The number of halogens is 2. The Morgan fingerprint density at radius 3 is 1.93 bits per heavy atom. The Kier molecular flexibility index (Phi) is 23.6. The molecule has 90 valence electrons. The molecular formula is C10H26I2P2. The summed E-state index contributed by atoms with van der Waals surface area (Å²) in [6.07, 6.45) is 5.73. The second-order valence-electron chi connectivity index (χ2n) is 3.47. The molecule has 0 bridgehead atoms. The van der Waals surface area contributed by atoms with Crippen molar-refractivity contribution >= 4 is 65.1 Å². The standard InChI is InChI=1S/C10H24P2.2HI/c1-5-6-7-8-10(12-4)9(2)11-3;;/h9-12H,5-8H2,1-4H3;2*1H. The van der Waals surface area contributed by atoms with E-state index < -0.39 is 0 Å². The van der Waals surface area contributed by atoms with E-state index in [-0.39, 0.29) is 48.0 Å². The van der Waals surface area contributed by atoms with Gasteiger partial charge in [-0.15, -0.1) is 65.1 Å². The minimum atomic E-state index is 0. The highest BCUT2D eigenvalue weighted by Gasteiger charge is 2.12. The van der Waals surface area contributed by atoms with Crippen molar-refractivity contribution in [3.63, 3.8) is 0 Å². The molecule has 0 fully saturated rings. The second kappa shape index (κ2) is 15.3. The van der Waals surface area contributed by atoms with Gasteiger partial charge in [0.15, 0.2) is 0 Å². The van der Waals surface area contributed by atoms with Gasteiger partial charge in [-0.25, -0.2) is 0 Å². The molecule has 0 aromatic heterocycles. The third-order valence-electron chi connectivity index (χ3n) is 2.55. The van der Waals surface area contributed by atoms with Gasteiger partial charge in [-0.3, -0.25) is 0 Å². The molecule has 0 saturated carbocycles. The molecule has 0 aromatic rings. The molecule has 0 N–H and O–H groups in total. The number of hydrogen-bond acceptors (Lipinski definition) is 0. The number of hydrogen-bond donors (Lipinski definition) is 0. The molecule has 0 saturated heterocycles. The maximum Gasteiger partial charge on any atom is -0.0176 e. The molecule has 0 heterocycles. The molecule has 14 heavy (non-hydrogen) atoms. The molecule has 4 unspecified atom stereocenters. The number of unbranched alkanes of at least 4 members (excludes halogenated alkanes) is 2. The van der Waals surface area contributed by atoms with Gasteiger partial charge in [0.2, 0.25) is 0 Å². The lowest BCUT2D eigenvalue weighted by Gasteiger charge is -2.21. The van der Waals surface area contributed by atoms with Gasteiger partial charge < -0.3 is 0 Å². The van der Waals surface area contributed by atoms with E-state index in [1.54, 1.807) is 0 Å². The molecule has 0 aliphatic heterocycles. The van der Waals surface area contributed by atoms with Crippen molar-refractivity contribution in [1.29, 1.82) is 0 Å². The molecule has 0 amide bonds. The molecule has 0 radical (unpaired) electrons. The normalized spacial score (nSPS) is 15.4. The lowest BCUT2D eigenvalue weighted by molar-refractivity contribution is 0.638. The summed E-state index contributed by atoms with van der Waals surface area (Å²) in [6, 6.07) is 0. The quantitative estimate of drug-likeness (QED) is 0.278. The maximum atomic E-state index is 2.42. The lowest BCUT2D eigenvalue weighted by Crippen LogP contribution is -2.13. The summed E-state index contributed by atoms with van der Waals surface area (Å²) < 4.78 is 0. The van der Waals surface area contributed by atoms with E-state index in [0.29, 0.717) is 0 Å². The first-order valence-electron chi connectivity index (χ1n) is 5.10. The summed E-state index contributed by atoms with van der Waals surface area (Å²) in [5.74, 6) is 0. The SMILES string of the molecule is CCCCCC(PC)C(C)PC.I.I. The van der Waals surface area contributed by atoms with Crippen LogP contribution in [0, 0.1) is 0 Å². The molecule has 0 aliphatic rings. The van der Waals surface area contributed by atoms with E-state index in [0.717, 1.165) is 28.5 Å². The first-order valence-corrected chi connectivity index (χ1v) is 8.26. The van der Waals surface area contributed by atoms with Crippen molar-refractivity contribution in [1.82, 2.24) is 0 Å². The minimum absolute atomic E-state index is 0. The molecule has 0 rings (SSSR count). The molecule has 4 heteroatoms. The summed E-state index contributed by atoms with van der Waals surface area (Å²) >= 11 is 0. The van der Waals surface area contributed by atoms with Gasteiger partial charge in [0.25, 0.3) is 0 Å². The second-order valence-corrected chi connectivity index (χ2v) is 6.28. The third-order valence-corrected chi connectivity index (χ3v) is 5.73. The highest BCUT2D eigenvalue weighted by Crippen LogP contribution is 2.32. The minimum Gasteiger partial charge on any atom is -0.122 e. The summed E-state index contributed by atoms with van der Waals surface area (Å²) in [7, 11) is 2.29. The van der Waals surface area contributed by atoms with Crippen LogP contribution in [0.3, 0.4) is 0 Å². The third kappa shape index (κ3) is 10.8. The first-order chi connectivity index (χ1) is 5.76. The zero-order valence-corrected chi connectivity index (χ0v) is 16.5. The predicted octanol–water partition coefficient (Wildman–Crippen LogP) is 5.18. The van der Waals surface area contributed by atoms with E-state index in [2.05, 4.69) is 27.2 Å². The zero-order chi connectivity index (χ0) is 9.40. The highest BCUT2D eigenvalue weighted by atomic mass is 127. The van der Waals surface area contributed by atoms with Crippen LogP contribution in [0.25, 0.3) is 0 Å². The van der Waals surface area contributed by atoms with Crippen LogP contribution < -0.4 is 0 Å². The Labute approximate surface area is 128 Å². The summed E-state index contributed by atoms with van der Waals surface area (Å²) in [4.78, 5) is 0. The average molecular weight is 462 g/mol. The van der Waals surface area contributed by atoms with Crippen LogP contribution in [-0.2, 0) is 0 Å². The Morgan fingerprint density at radius 2 is 1.57 bits per heavy atom. The average Bonchev–Trinajstić information content (AvgIpc) is 2.11. The fourth-order valence-corrected chi connectivity index (χ4v) is 4.02. The van der Waals surface area contributed by atoms with E-state index in [1.807, 2.05) is 0 Å². The van der Waals surface area contributed by atoms with Crippen LogP contribution in [0.1, 0.15) is 39.5 Å². The Hall–Kier alpha value is 2.32. The van der Waals surface area contributed by atoms with Gasteiger partial charge in [0, 0.05) is 0 Å². The summed E-state index contributed by atoms with van der Waals surface area (Å²) in [6.45, 7) is 9.42. The molecular weight excluding hydrogens is 436 g/mol. The van der Waals surface area contributed by atoms with Gasteiger partial charge in [0.05, 0.1) is 0 Å². The van der Waals surface area contributed by atoms with Crippen LogP contribution in [0.2, 0.25) is 0 Å². The van der Waals surface area contributed by atoms with E-state index in [9.17, 15) is 0 Å². The zero-order valence-electron chi connectivity index (χ0n) is 9.80. The van der Waals surface area contributed by atoms with E-state index in [4.69, 9.17) is 0 Å². The van der Waals surface area contributed by atoms with Crippen molar-refractivity contribution in [3.8, 4) is 0 Å². The van der Waals surface area contributed by atoms with Gasteiger partial charge >= 0.3 is 0 Å². The smallest absolute Gasteiger partial charge is 0.0176 e. The van der Waals surface area contributed by atoms with Crippen molar-refractivity contribution in [2.45, 2.75) is 50.8 Å². The maximum absolute atomic E-state index is 2.42.